The van der Waals surface area contributed by atoms with Gasteiger partial charge in [0.25, 0.3) is 0 Å². The van der Waals surface area contributed by atoms with Crippen molar-refractivity contribution in [1.29, 1.82) is 0 Å². The summed E-state index contributed by atoms with van der Waals surface area (Å²) in [6, 6.07) is 0. The predicted molar refractivity (Wildman–Crippen MR) is 72.1 cm³/mol. The van der Waals surface area contributed by atoms with E-state index in [0.717, 1.165) is 19.3 Å². The Morgan fingerprint density at radius 3 is 2.44 bits per heavy atom. The molecule has 1 aliphatic rings. The van der Waals surface area contributed by atoms with Crippen LogP contribution in [0.3, 0.4) is 0 Å². The van der Waals surface area contributed by atoms with E-state index in [1.807, 2.05) is 0 Å². The topological polar surface area (TPSA) is 46.5 Å². The van der Waals surface area contributed by atoms with Crippen molar-refractivity contribution in [3.8, 4) is 0 Å². The number of hydrogen-bond acceptors (Lipinski definition) is 3. The molecule has 3 nitrogen and oxygen atoms in total. The van der Waals surface area contributed by atoms with Gasteiger partial charge in [0.2, 0.25) is 0 Å². The van der Waals surface area contributed by atoms with E-state index in [-0.39, 0.29) is 5.60 Å². The molecule has 0 aromatic carbocycles. The summed E-state index contributed by atoms with van der Waals surface area (Å²) in [5.41, 5.74) is -0.375. The quantitative estimate of drug-likeness (QED) is 0.786. The van der Waals surface area contributed by atoms with Crippen LogP contribution in [0, 0.1) is 17.8 Å². The molecule has 0 aromatic rings. The van der Waals surface area contributed by atoms with Gasteiger partial charge in [0, 0.05) is 5.92 Å². The van der Waals surface area contributed by atoms with Crippen LogP contribution in [0.15, 0.2) is 0 Å². The Kier molecular flexibility index (Phi) is 5.20. The van der Waals surface area contributed by atoms with Crippen LogP contribution < -0.4 is 0 Å². The standard InChI is InChI=1S/C15H28O3/c1-6-15(18-14(17)12(5)16)9-11(4)7-8-13(15)10(2)3/h10-13,16H,6-9H2,1-5H3/t11-,12+,13+,15?/m1/s1. The van der Waals surface area contributed by atoms with Gasteiger partial charge in [-0.2, -0.15) is 0 Å². The van der Waals surface area contributed by atoms with Gasteiger partial charge in [-0.3, -0.25) is 0 Å². The summed E-state index contributed by atoms with van der Waals surface area (Å²) in [6.07, 6.45) is 3.04. The lowest BCUT2D eigenvalue weighted by atomic mass is 9.66. The lowest BCUT2D eigenvalue weighted by Gasteiger charge is -2.47. The molecule has 0 aromatic heterocycles. The second kappa shape index (κ2) is 6.05. The molecule has 0 aliphatic heterocycles. The fraction of sp³-hybridized carbons (Fsp3) is 0.933. The maximum atomic E-state index is 11.8. The zero-order chi connectivity index (χ0) is 13.9. The second-order valence-electron chi connectivity index (χ2n) is 6.25. The van der Waals surface area contributed by atoms with E-state index in [1.165, 1.54) is 13.3 Å². The normalized spacial score (nSPS) is 34.4. The Morgan fingerprint density at radius 1 is 1.39 bits per heavy atom. The smallest absolute Gasteiger partial charge is 0.335 e. The second-order valence-corrected chi connectivity index (χ2v) is 6.25. The van der Waals surface area contributed by atoms with Gasteiger partial charge in [0.1, 0.15) is 11.7 Å². The van der Waals surface area contributed by atoms with Crippen LogP contribution in [0.2, 0.25) is 0 Å². The van der Waals surface area contributed by atoms with Crippen molar-refractivity contribution in [2.24, 2.45) is 17.8 Å². The molecule has 0 radical (unpaired) electrons. The third-order valence-electron chi connectivity index (χ3n) is 4.39. The zero-order valence-electron chi connectivity index (χ0n) is 12.4. The molecule has 1 N–H and O–H groups in total. The molecule has 1 unspecified atom stereocenters. The van der Waals surface area contributed by atoms with E-state index < -0.39 is 12.1 Å². The molecule has 1 aliphatic carbocycles. The maximum Gasteiger partial charge on any atom is 0.335 e. The van der Waals surface area contributed by atoms with Crippen LogP contribution in [0.1, 0.15) is 60.3 Å². The fourth-order valence-corrected chi connectivity index (χ4v) is 3.39. The van der Waals surface area contributed by atoms with Crippen LogP contribution in [0.4, 0.5) is 0 Å². The number of carbonyl (C=O) groups excluding carboxylic acids is 1. The largest absolute Gasteiger partial charge is 0.457 e. The number of carbonyl (C=O) groups is 1. The molecule has 0 heterocycles. The number of ether oxygens (including phenoxy) is 1. The average Bonchev–Trinajstić information content (AvgIpc) is 2.28. The number of aliphatic hydroxyl groups is 1. The summed E-state index contributed by atoms with van der Waals surface area (Å²) < 4.78 is 5.74. The average molecular weight is 256 g/mol. The van der Waals surface area contributed by atoms with Crippen LogP contribution in [0.25, 0.3) is 0 Å². The predicted octanol–water partition coefficient (Wildman–Crippen LogP) is 3.15. The van der Waals surface area contributed by atoms with Gasteiger partial charge in [-0.05, 0) is 38.0 Å². The summed E-state index contributed by atoms with van der Waals surface area (Å²) >= 11 is 0. The number of esters is 1. The van der Waals surface area contributed by atoms with E-state index in [4.69, 9.17) is 4.74 Å². The maximum absolute atomic E-state index is 11.8. The van der Waals surface area contributed by atoms with E-state index in [1.54, 1.807) is 0 Å². The highest BCUT2D eigenvalue weighted by Gasteiger charge is 2.46. The van der Waals surface area contributed by atoms with Gasteiger partial charge in [0.15, 0.2) is 0 Å². The molecule has 1 saturated carbocycles. The van der Waals surface area contributed by atoms with Gasteiger partial charge in [-0.15, -0.1) is 0 Å². The summed E-state index contributed by atoms with van der Waals surface area (Å²) in [5, 5.41) is 9.38. The summed E-state index contributed by atoms with van der Waals surface area (Å²) in [7, 11) is 0. The van der Waals surface area contributed by atoms with Crippen molar-refractivity contribution in [3.05, 3.63) is 0 Å². The fourth-order valence-electron chi connectivity index (χ4n) is 3.39. The molecule has 1 rings (SSSR count). The first-order chi connectivity index (χ1) is 8.32. The van der Waals surface area contributed by atoms with Crippen LogP contribution in [-0.2, 0) is 9.53 Å². The van der Waals surface area contributed by atoms with Gasteiger partial charge in [0.05, 0.1) is 0 Å². The highest BCUT2D eigenvalue weighted by molar-refractivity contribution is 5.74. The number of rotatable bonds is 4. The third-order valence-corrected chi connectivity index (χ3v) is 4.39. The first-order valence-corrected chi connectivity index (χ1v) is 7.23. The minimum Gasteiger partial charge on any atom is -0.457 e. The van der Waals surface area contributed by atoms with E-state index in [0.29, 0.717) is 17.8 Å². The van der Waals surface area contributed by atoms with Gasteiger partial charge in [-0.1, -0.05) is 34.1 Å². The molecule has 106 valence electrons. The van der Waals surface area contributed by atoms with Crippen molar-refractivity contribution in [2.45, 2.75) is 72.0 Å². The first-order valence-electron chi connectivity index (χ1n) is 7.23. The Hall–Kier alpha value is -0.570. The number of hydrogen-bond donors (Lipinski definition) is 1. The highest BCUT2D eigenvalue weighted by Crippen LogP contribution is 2.45. The summed E-state index contributed by atoms with van der Waals surface area (Å²) in [6.45, 7) is 10.2. The van der Waals surface area contributed by atoms with Crippen molar-refractivity contribution in [3.63, 3.8) is 0 Å². The molecule has 4 atom stereocenters. The molecule has 0 saturated heterocycles. The molecule has 0 amide bonds. The van der Waals surface area contributed by atoms with Crippen molar-refractivity contribution >= 4 is 5.97 Å². The molecular formula is C15H28O3. The Balaban J connectivity index is 2.93. The van der Waals surface area contributed by atoms with Gasteiger partial charge < -0.3 is 9.84 Å². The van der Waals surface area contributed by atoms with Crippen molar-refractivity contribution in [2.75, 3.05) is 0 Å². The minimum absolute atomic E-state index is 0.375. The lowest BCUT2D eigenvalue weighted by Crippen LogP contribution is -2.49. The van der Waals surface area contributed by atoms with Crippen molar-refractivity contribution < 1.29 is 14.6 Å². The molecule has 0 spiro atoms. The van der Waals surface area contributed by atoms with Crippen molar-refractivity contribution in [1.82, 2.24) is 0 Å². The third kappa shape index (κ3) is 3.25. The Labute approximate surface area is 111 Å². The molecule has 0 bridgehead atoms. The number of aliphatic hydroxyl groups excluding tert-OH is 1. The monoisotopic (exact) mass is 256 g/mol. The SMILES string of the molecule is CCC1(OC(=O)[C@H](C)O)C[C@H](C)CC[C@H]1C(C)C. The molecule has 1 fully saturated rings. The van der Waals surface area contributed by atoms with E-state index >= 15 is 0 Å². The summed E-state index contributed by atoms with van der Waals surface area (Å²) in [5.74, 6) is 1.01. The van der Waals surface area contributed by atoms with Crippen LogP contribution in [0.5, 0.6) is 0 Å². The van der Waals surface area contributed by atoms with E-state index in [9.17, 15) is 9.90 Å². The van der Waals surface area contributed by atoms with E-state index in [2.05, 4.69) is 27.7 Å². The zero-order valence-corrected chi connectivity index (χ0v) is 12.4. The molecule has 18 heavy (non-hydrogen) atoms. The first kappa shape index (κ1) is 15.5. The Bertz CT molecular complexity index is 285. The minimum atomic E-state index is -1.03. The molecule has 3 heteroatoms. The van der Waals surface area contributed by atoms with Gasteiger partial charge in [-0.25, -0.2) is 4.79 Å². The summed E-state index contributed by atoms with van der Waals surface area (Å²) in [4.78, 5) is 11.8. The van der Waals surface area contributed by atoms with Crippen LogP contribution in [-0.4, -0.2) is 22.8 Å². The Morgan fingerprint density at radius 2 is 2.00 bits per heavy atom. The van der Waals surface area contributed by atoms with Gasteiger partial charge >= 0.3 is 5.97 Å². The molecular weight excluding hydrogens is 228 g/mol. The highest BCUT2D eigenvalue weighted by atomic mass is 16.6. The lowest BCUT2D eigenvalue weighted by molar-refractivity contribution is -0.186. The van der Waals surface area contributed by atoms with Crippen LogP contribution >= 0.6 is 0 Å².